The van der Waals surface area contributed by atoms with Crippen LogP contribution in [-0.4, -0.2) is 29.6 Å². The second kappa shape index (κ2) is 6.66. The van der Waals surface area contributed by atoms with Crippen LogP contribution in [0.2, 0.25) is 0 Å². The van der Waals surface area contributed by atoms with Gasteiger partial charge >= 0.3 is 0 Å². The first-order valence-corrected chi connectivity index (χ1v) is 8.22. The maximum absolute atomic E-state index is 13.0. The third kappa shape index (κ3) is 3.41. The maximum Gasteiger partial charge on any atom is 0.123 e. The van der Waals surface area contributed by atoms with E-state index in [0.29, 0.717) is 5.92 Å². The minimum Gasteiger partial charge on any atom is -0.348 e. The van der Waals surface area contributed by atoms with E-state index >= 15 is 0 Å². The number of aromatic nitrogens is 1. The minimum absolute atomic E-state index is 0.159. The van der Waals surface area contributed by atoms with Gasteiger partial charge in [-0.1, -0.05) is 12.1 Å². The number of likely N-dealkylation sites (tertiary alicyclic amines) is 1. The normalized spacial score (nSPS) is 17.0. The molecule has 3 heteroatoms. The van der Waals surface area contributed by atoms with Gasteiger partial charge in [0.25, 0.3) is 0 Å². The summed E-state index contributed by atoms with van der Waals surface area (Å²) in [5.41, 5.74) is 4.01. The summed E-state index contributed by atoms with van der Waals surface area (Å²) in [7, 11) is 2.20. The maximum atomic E-state index is 13.0. The van der Waals surface area contributed by atoms with Crippen molar-refractivity contribution in [3.63, 3.8) is 0 Å². The smallest absolute Gasteiger partial charge is 0.123 e. The second-order valence-electron chi connectivity index (χ2n) is 6.51. The molecule has 2 nitrogen and oxygen atoms in total. The molecule has 1 aromatic carbocycles. The van der Waals surface area contributed by atoms with Crippen LogP contribution in [0.1, 0.15) is 35.7 Å². The number of aryl methyl sites for hydroxylation is 2. The molecule has 1 saturated heterocycles. The van der Waals surface area contributed by atoms with E-state index in [-0.39, 0.29) is 5.82 Å². The van der Waals surface area contributed by atoms with Crippen LogP contribution >= 0.6 is 0 Å². The predicted octanol–water partition coefficient (Wildman–Crippen LogP) is 3.99. The Kier molecular flexibility index (Phi) is 4.63. The highest BCUT2D eigenvalue weighted by Crippen LogP contribution is 2.29. The summed E-state index contributed by atoms with van der Waals surface area (Å²) in [5, 5.41) is 0. The highest BCUT2D eigenvalue weighted by atomic mass is 19.1. The Morgan fingerprint density at radius 1 is 1.05 bits per heavy atom. The van der Waals surface area contributed by atoms with Gasteiger partial charge in [-0.25, -0.2) is 4.39 Å². The molecular formula is C19H25FN2. The molecule has 0 amide bonds. The van der Waals surface area contributed by atoms with Gasteiger partial charge in [0.2, 0.25) is 0 Å². The van der Waals surface area contributed by atoms with Gasteiger partial charge in [-0.15, -0.1) is 0 Å². The number of piperidine rings is 1. The summed E-state index contributed by atoms with van der Waals surface area (Å²) in [5.74, 6) is 0.519. The van der Waals surface area contributed by atoms with Crippen molar-refractivity contribution in [2.24, 2.45) is 0 Å². The van der Waals surface area contributed by atoms with Crippen molar-refractivity contribution in [2.45, 2.75) is 38.6 Å². The Bertz CT molecular complexity index is 607. The van der Waals surface area contributed by atoms with Gasteiger partial charge in [0, 0.05) is 23.9 Å². The first kappa shape index (κ1) is 15.3. The van der Waals surface area contributed by atoms with Crippen LogP contribution < -0.4 is 0 Å². The van der Waals surface area contributed by atoms with Gasteiger partial charge in [0.05, 0.1) is 0 Å². The highest BCUT2D eigenvalue weighted by molar-refractivity contribution is 5.21. The number of hydrogen-bond acceptors (Lipinski definition) is 1. The van der Waals surface area contributed by atoms with Crippen molar-refractivity contribution in [3.05, 3.63) is 59.2 Å². The van der Waals surface area contributed by atoms with Crippen LogP contribution in [0.15, 0.2) is 36.4 Å². The Hall–Kier alpha value is -1.61. The van der Waals surface area contributed by atoms with Crippen molar-refractivity contribution >= 4 is 0 Å². The first-order chi connectivity index (χ1) is 10.6. The van der Waals surface area contributed by atoms with Crippen LogP contribution in [0.5, 0.6) is 0 Å². The zero-order valence-corrected chi connectivity index (χ0v) is 13.6. The van der Waals surface area contributed by atoms with Crippen molar-refractivity contribution in [3.8, 4) is 0 Å². The Morgan fingerprint density at radius 2 is 1.73 bits per heavy atom. The zero-order valence-electron chi connectivity index (χ0n) is 13.6. The summed E-state index contributed by atoms with van der Waals surface area (Å²) in [6, 6.07) is 11.4. The van der Waals surface area contributed by atoms with Crippen molar-refractivity contribution in [1.29, 1.82) is 0 Å². The largest absolute Gasteiger partial charge is 0.348 e. The number of hydrogen-bond donors (Lipinski definition) is 0. The van der Waals surface area contributed by atoms with Crippen LogP contribution in [0, 0.1) is 12.7 Å². The highest BCUT2D eigenvalue weighted by Gasteiger charge is 2.21. The summed E-state index contributed by atoms with van der Waals surface area (Å²) >= 11 is 0. The standard InChI is InChI=1S/C19H25FN2/c1-15-3-8-19(17-10-12-21(2)13-11-17)22(15)14-9-16-4-6-18(20)7-5-16/h3-8,17H,9-14H2,1-2H3. The second-order valence-corrected chi connectivity index (χ2v) is 6.51. The fourth-order valence-corrected chi connectivity index (χ4v) is 3.45. The quantitative estimate of drug-likeness (QED) is 0.829. The van der Waals surface area contributed by atoms with Crippen molar-refractivity contribution < 1.29 is 4.39 Å². The Morgan fingerprint density at radius 3 is 2.41 bits per heavy atom. The van der Waals surface area contributed by atoms with Gasteiger partial charge < -0.3 is 9.47 Å². The number of halogens is 1. The number of rotatable bonds is 4. The molecule has 2 heterocycles. The molecule has 0 atom stereocenters. The van der Waals surface area contributed by atoms with E-state index in [1.807, 2.05) is 12.1 Å². The molecular weight excluding hydrogens is 275 g/mol. The van der Waals surface area contributed by atoms with E-state index in [1.165, 1.54) is 42.9 Å². The van der Waals surface area contributed by atoms with Crippen LogP contribution in [0.4, 0.5) is 4.39 Å². The molecule has 0 aliphatic carbocycles. The van der Waals surface area contributed by atoms with Crippen LogP contribution in [0.3, 0.4) is 0 Å². The third-order valence-corrected chi connectivity index (χ3v) is 4.91. The number of benzene rings is 1. The van der Waals surface area contributed by atoms with Crippen LogP contribution in [-0.2, 0) is 13.0 Å². The molecule has 118 valence electrons. The molecule has 2 aromatic rings. The molecule has 1 aromatic heterocycles. The lowest BCUT2D eigenvalue weighted by Crippen LogP contribution is -2.30. The Labute approximate surface area is 132 Å². The molecule has 1 aliphatic heterocycles. The van der Waals surface area contributed by atoms with E-state index in [4.69, 9.17) is 0 Å². The van der Waals surface area contributed by atoms with Crippen molar-refractivity contribution in [1.82, 2.24) is 9.47 Å². The molecule has 3 rings (SSSR count). The molecule has 22 heavy (non-hydrogen) atoms. The first-order valence-electron chi connectivity index (χ1n) is 8.22. The molecule has 0 unspecified atom stereocenters. The van der Waals surface area contributed by atoms with Gasteiger partial charge in [-0.2, -0.15) is 0 Å². The van der Waals surface area contributed by atoms with Gasteiger partial charge in [-0.05, 0) is 76.2 Å². The van der Waals surface area contributed by atoms with E-state index in [1.54, 1.807) is 12.1 Å². The fraction of sp³-hybridized carbons (Fsp3) is 0.474. The molecule has 0 spiro atoms. The number of nitrogens with zero attached hydrogens (tertiary/aromatic N) is 2. The summed E-state index contributed by atoms with van der Waals surface area (Å²) in [4.78, 5) is 2.41. The Balaban J connectivity index is 1.70. The minimum atomic E-state index is -0.159. The molecule has 1 fully saturated rings. The average molecular weight is 300 g/mol. The fourth-order valence-electron chi connectivity index (χ4n) is 3.45. The molecule has 0 saturated carbocycles. The van der Waals surface area contributed by atoms with Gasteiger partial charge in [0.15, 0.2) is 0 Å². The summed E-state index contributed by atoms with van der Waals surface area (Å²) in [6.07, 6.45) is 3.45. The summed E-state index contributed by atoms with van der Waals surface area (Å²) < 4.78 is 15.5. The lowest BCUT2D eigenvalue weighted by atomic mass is 9.93. The monoisotopic (exact) mass is 300 g/mol. The van der Waals surface area contributed by atoms with Crippen molar-refractivity contribution in [2.75, 3.05) is 20.1 Å². The van der Waals surface area contributed by atoms with Gasteiger partial charge in [0.1, 0.15) is 5.82 Å². The SMILES string of the molecule is Cc1ccc(C2CCN(C)CC2)n1CCc1ccc(F)cc1. The van der Waals surface area contributed by atoms with E-state index in [9.17, 15) is 4.39 Å². The zero-order chi connectivity index (χ0) is 15.5. The lowest BCUT2D eigenvalue weighted by molar-refractivity contribution is 0.250. The van der Waals surface area contributed by atoms with E-state index < -0.39 is 0 Å². The third-order valence-electron chi connectivity index (χ3n) is 4.91. The van der Waals surface area contributed by atoms with E-state index in [2.05, 4.69) is 35.6 Å². The summed E-state index contributed by atoms with van der Waals surface area (Å²) in [6.45, 7) is 5.54. The average Bonchev–Trinajstić information content (AvgIpc) is 2.89. The van der Waals surface area contributed by atoms with Gasteiger partial charge in [-0.3, -0.25) is 0 Å². The van der Waals surface area contributed by atoms with E-state index in [0.717, 1.165) is 13.0 Å². The molecule has 1 aliphatic rings. The predicted molar refractivity (Wildman–Crippen MR) is 88.7 cm³/mol. The topological polar surface area (TPSA) is 8.17 Å². The lowest BCUT2D eigenvalue weighted by Gasteiger charge is -2.30. The molecule has 0 radical (unpaired) electrons. The van der Waals surface area contributed by atoms with Crippen LogP contribution in [0.25, 0.3) is 0 Å². The molecule has 0 bridgehead atoms. The molecule has 0 N–H and O–H groups in total.